The molecule has 1 aromatic carbocycles. The third kappa shape index (κ3) is 2.90. The van der Waals surface area contributed by atoms with Crippen LogP contribution in [0.15, 0.2) is 24.3 Å². The Labute approximate surface area is 78.5 Å². The number of rotatable bonds is 4. The van der Waals surface area contributed by atoms with E-state index in [1.807, 2.05) is 0 Å². The minimum Gasteiger partial charge on any atom is -0.494 e. The Balaban J connectivity index is 2.64. The van der Waals surface area contributed by atoms with Gasteiger partial charge in [-0.05, 0) is 44.5 Å². The summed E-state index contributed by atoms with van der Waals surface area (Å²) < 4.78 is 5.32. The molecule has 0 atom stereocenters. The summed E-state index contributed by atoms with van der Waals surface area (Å²) in [5, 5.41) is 0. The molecule has 0 unspecified atom stereocenters. The molecule has 0 bridgehead atoms. The van der Waals surface area contributed by atoms with E-state index in [1.54, 1.807) is 31.2 Å². The van der Waals surface area contributed by atoms with Gasteiger partial charge in [-0.2, -0.15) is 0 Å². The highest BCUT2D eigenvalue weighted by Gasteiger charge is 1.98. The van der Waals surface area contributed by atoms with Crippen molar-refractivity contribution in [2.45, 2.75) is 13.3 Å². The third-order valence-corrected chi connectivity index (χ3v) is 1.67. The Morgan fingerprint density at radius 2 is 2.00 bits per heavy atom. The van der Waals surface area contributed by atoms with Crippen LogP contribution in [0.4, 0.5) is 0 Å². The molecule has 0 heterocycles. The SMILES string of the molecule is [CH2]CCOc1ccc(C(C)=O)cc1. The molecule has 0 amide bonds. The van der Waals surface area contributed by atoms with Crippen LogP contribution in [0, 0.1) is 6.92 Å². The monoisotopic (exact) mass is 177 g/mol. The number of ether oxygens (including phenoxy) is 1. The molecular formula is C11H13O2. The van der Waals surface area contributed by atoms with Crippen LogP contribution in [0.1, 0.15) is 23.7 Å². The van der Waals surface area contributed by atoms with Gasteiger partial charge in [-0.1, -0.05) is 0 Å². The van der Waals surface area contributed by atoms with Gasteiger partial charge in [0, 0.05) is 5.56 Å². The van der Waals surface area contributed by atoms with Crippen LogP contribution in [-0.2, 0) is 0 Å². The first-order chi connectivity index (χ1) is 6.24. The molecule has 69 valence electrons. The molecular weight excluding hydrogens is 164 g/mol. The van der Waals surface area contributed by atoms with Gasteiger partial charge >= 0.3 is 0 Å². The lowest BCUT2D eigenvalue weighted by Gasteiger charge is -2.03. The van der Waals surface area contributed by atoms with Gasteiger partial charge in [0.25, 0.3) is 0 Å². The zero-order chi connectivity index (χ0) is 9.68. The van der Waals surface area contributed by atoms with E-state index in [9.17, 15) is 4.79 Å². The van der Waals surface area contributed by atoms with Gasteiger partial charge in [0.15, 0.2) is 5.78 Å². The van der Waals surface area contributed by atoms with E-state index >= 15 is 0 Å². The molecule has 13 heavy (non-hydrogen) atoms. The highest BCUT2D eigenvalue weighted by molar-refractivity contribution is 5.94. The van der Waals surface area contributed by atoms with Crippen LogP contribution in [0.3, 0.4) is 0 Å². The fraction of sp³-hybridized carbons (Fsp3) is 0.273. The molecule has 0 spiro atoms. The summed E-state index contributed by atoms with van der Waals surface area (Å²) in [6.07, 6.45) is 0.745. The Morgan fingerprint density at radius 3 is 2.46 bits per heavy atom. The van der Waals surface area contributed by atoms with Gasteiger partial charge in [-0.15, -0.1) is 0 Å². The predicted octanol–water partition coefficient (Wildman–Crippen LogP) is 2.49. The first-order valence-electron chi connectivity index (χ1n) is 4.27. The fourth-order valence-corrected chi connectivity index (χ4v) is 0.976. The quantitative estimate of drug-likeness (QED) is 0.660. The Hall–Kier alpha value is -1.31. The highest BCUT2D eigenvalue weighted by atomic mass is 16.5. The van der Waals surface area contributed by atoms with Crippen LogP contribution in [0.25, 0.3) is 0 Å². The number of hydrogen-bond acceptors (Lipinski definition) is 2. The second-order valence-corrected chi connectivity index (χ2v) is 2.78. The average Bonchev–Trinajstić information content (AvgIpc) is 2.15. The van der Waals surface area contributed by atoms with Gasteiger partial charge in [0.05, 0.1) is 6.61 Å². The molecule has 0 N–H and O–H groups in total. The molecule has 2 nitrogen and oxygen atoms in total. The van der Waals surface area contributed by atoms with Crippen molar-refractivity contribution < 1.29 is 9.53 Å². The van der Waals surface area contributed by atoms with E-state index in [2.05, 4.69) is 6.92 Å². The summed E-state index contributed by atoms with van der Waals surface area (Å²) in [6.45, 7) is 5.83. The lowest BCUT2D eigenvalue weighted by Crippen LogP contribution is -1.96. The van der Waals surface area contributed by atoms with Crippen LogP contribution in [0.2, 0.25) is 0 Å². The molecule has 2 heteroatoms. The lowest BCUT2D eigenvalue weighted by molar-refractivity contribution is 0.101. The fourth-order valence-electron chi connectivity index (χ4n) is 0.976. The Morgan fingerprint density at radius 1 is 1.38 bits per heavy atom. The molecule has 0 saturated carbocycles. The smallest absolute Gasteiger partial charge is 0.159 e. The second-order valence-electron chi connectivity index (χ2n) is 2.78. The van der Waals surface area contributed by atoms with Crippen molar-refractivity contribution >= 4 is 5.78 Å². The van der Waals surface area contributed by atoms with Crippen molar-refractivity contribution in [3.8, 4) is 5.75 Å². The van der Waals surface area contributed by atoms with E-state index < -0.39 is 0 Å². The molecule has 0 aliphatic rings. The van der Waals surface area contributed by atoms with Crippen molar-refractivity contribution in [2.24, 2.45) is 0 Å². The highest BCUT2D eigenvalue weighted by Crippen LogP contribution is 2.12. The first-order valence-corrected chi connectivity index (χ1v) is 4.27. The molecule has 1 radical (unpaired) electrons. The van der Waals surface area contributed by atoms with Crippen molar-refractivity contribution in [3.05, 3.63) is 36.8 Å². The standard InChI is InChI=1S/C11H13O2/c1-3-8-13-11-6-4-10(5-7-11)9(2)12/h4-7H,1,3,8H2,2H3. The van der Waals surface area contributed by atoms with Crippen molar-refractivity contribution in [1.82, 2.24) is 0 Å². The Bertz CT molecular complexity index is 275. The van der Waals surface area contributed by atoms with Crippen molar-refractivity contribution in [3.63, 3.8) is 0 Å². The van der Waals surface area contributed by atoms with Gasteiger partial charge in [-0.25, -0.2) is 0 Å². The van der Waals surface area contributed by atoms with Crippen molar-refractivity contribution in [2.75, 3.05) is 6.61 Å². The minimum atomic E-state index is 0.0729. The van der Waals surface area contributed by atoms with Gasteiger partial charge in [0.2, 0.25) is 0 Å². The third-order valence-electron chi connectivity index (χ3n) is 1.67. The van der Waals surface area contributed by atoms with E-state index in [4.69, 9.17) is 4.74 Å². The number of Topliss-reactive ketones (excluding diaryl/α,β-unsaturated/α-hetero) is 1. The molecule has 0 saturated heterocycles. The molecule has 1 rings (SSSR count). The molecule has 0 aromatic heterocycles. The molecule has 0 aliphatic carbocycles. The van der Waals surface area contributed by atoms with Crippen LogP contribution >= 0.6 is 0 Å². The molecule has 0 fully saturated rings. The molecule has 1 aromatic rings. The average molecular weight is 177 g/mol. The maximum absolute atomic E-state index is 10.9. The van der Waals surface area contributed by atoms with Gasteiger partial charge in [0.1, 0.15) is 5.75 Å². The van der Waals surface area contributed by atoms with Crippen molar-refractivity contribution in [1.29, 1.82) is 0 Å². The summed E-state index contributed by atoms with van der Waals surface area (Å²) in [7, 11) is 0. The normalized spacial score (nSPS) is 9.69. The summed E-state index contributed by atoms with van der Waals surface area (Å²) in [5.74, 6) is 0.859. The summed E-state index contributed by atoms with van der Waals surface area (Å²) >= 11 is 0. The summed E-state index contributed by atoms with van der Waals surface area (Å²) in [5.41, 5.74) is 0.710. The number of carbonyl (C=O) groups excluding carboxylic acids is 1. The largest absolute Gasteiger partial charge is 0.494 e. The first kappa shape index (κ1) is 9.78. The van der Waals surface area contributed by atoms with E-state index in [-0.39, 0.29) is 5.78 Å². The zero-order valence-corrected chi connectivity index (χ0v) is 7.75. The van der Waals surface area contributed by atoms with E-state index in [1.165, 1.54) is 0 Å². The minimum absolute atomic E-state index is 0.0729. The van der Waals surface area contributed by atoms with Gasteiger partial charge < -0.3 is 4.74 Å². The second kappa shape index (κ2) is 4.65. The van der Waals surface area contributed by atoms with Gasteiger partial charge in [-0.3, -0.25) is 4.79 Å². The van der Waals surface area contributed by atoms with Crippen LogP contribution in [-0.4, -0.2) is 12.4 Å². The maximum Gasteiger partial charge on any atom is 0.159 e. The number of benzene rings is 1. The van der Waals surface area contributed by atoms with E-state index in [0.717, 1.165) is 12.2 Å². The summed E-state index contributed by atoms with van der Waals surface area (Å²) in [4.78, 5) is 10.9. The van der Waals surface area contributed by atoms with E-state index in [0.29, 0.717) is 12.2 Å². The number of carbonyl (C=O) groups is 1. The maximum atomic E-state index is 10.9. The number of ketones is 1. The summed E-state index contributed by atoms with van der Waals surface area (Å²) in [6, 6.07) is 7.13. The van der Waals surface area contributed by atoms with Crippen LogP contribution < -0.4 is 4.74 Å². The predicted molar refractivity (Wildman–Crippen MR) is 51.9 cm³/mol. The Kier molecular flexibility index (Phi) is 3.50. The lowest BCUT2D eigenvalue weighted by atomic mass is 10.1. The van der Waals surface area contributed by atoms with Crippen LogP contribution in [0.5, 0.6) is 5.75 Å². The zero-order valence-electron chi connectivity index (χ0n) is 7.75. The topological polar surface area (TPSA) is 26.3 Å². The number of hydrogen-bond donors (Lipinski definition) is 0. The molecule has 0 aliphatic heterocycles.